The van der Waals surface area contributed by atoms with Gasteiger partial charge in [-0.3, -0.25) is 4.79 Å². The molecule has 1 aromatic rings. The van der Waals surface area contributed by atoms with Gasteiger partial charge in [0.2, 0.25) is 5.91 Å². The number of amides is 1. The molecule has 4 nitrogen and oxygen atoms in total. The molecule has 0 bridgehead atoms. The molecule has 1 amide bonds. The Kier molecular flexibility index (Phi) is 5.08. The van der Waals surface area contributed by atoms with E-state index in [1.807, 2.05) is 33.8 Å². The van der Waals surface area contributed by atoms with Crippen LogP contribution >= 0.6 is 0 Å². The molecule has 0 aliphatic heterocycles. The molecular weight excluding hydrogens is 254 g/mol. The largest absolute Gasteiger partial charge is 0.478 e. The third-order valence-corrected chi connectivity index (χ3v) is 2.63. The molecule has 0 aromatic heterocycles. The van der Waals surface area contributed by atoms with E-state index in [0.29, 0.717) is 6.42 Å². The van der Waals surface area contributed by atoms with Gasteiger partial charge in [-0.2, -0.15) is 0 Å². The summed E-state index contributed by atoms with van der Waals surface area (Å²) in [5.41, 5.74) is 2.40. The minimum Gasteiger partial charge on any atom is -0.478 e. The molecule has 1 aromatic carbocycles. The Morgan fingerprint density at radius 3 is 2.45 bits per heavy atom. The Morgan fingerprint density at radius 1 is 1.30 bits per heavy atom. The zero-order chi connectivity index (χ0) is 15.3. The van der Waals surface area contributed by atoms with Gasteiger partial charge in [0.1, 0.15) is 0 Å². The van der Waals surface area contributed by atoms with Crippen LogP contribution in [0.4, 0.5) is 5.69 Å². The maximum Gasteiger partial charge on any atom is 0.328 e. The van der Waals surface area contributed by atoms with Crippen molar-refractivity contribution in [3.63, 3.8) is 0 Å². The molecule has 0 aliphatic carbocycles. The number of carboxylic acids is 1. The van der Waals surface area contributed by atoms with Crippen molar-refractivity contribution in [3.8, 4) is 0 Å². The van der Waals surface area contributed by atoms with E-state index in [0.717, 1.165) is 22.9 Å². The van der Waals surface area contributed by atoms with Crippen LogP contribution in [0.1, 0.15) is 38.3 Å². The highest BCUT2D eigenvalue weighted by Gasteiger charge is 2.16. The lowest BCUT2D eigenvalue weighted by Crippen LogP contribution is -2.20. The summed E-state index contributed by atoms with van der Waals surface area (Å²) < 4.78 is 0. The van der Waals surface area contributed by atoms with Crippen LogP contribution < -0.4 is 5.32 Å². The summed E-state index contributed by atoms with van der Waals surface area (Å²) in [7, 11) is 0. The Bertz CT molecular complexity index is 539. The van der Waals surface area contributed by atoms with Crippen molar-refractivity contribution in [2.45, 2.75) is 34.1 Å². The first-order valence-electron chi connectivity index (χ1n) is 6.49. The van der Waals surface area contributed by atoms with Crippen LogP contribution in [0.15, 0.2) is 24.3 Å². The predicted molar refractivity (Wildman–Crippen MR) is 80.6 cm³/mol. The smallest absolute Gasteiger partial charge is 0.328 e. The van der Waals surface area contributed by atoms with Crippen molar-refractivity contribution in [2.75, 3.05) is 5.32 Å². The lowest BCUT2D eigenvalue weighted by molar-refractivity contribution is -0.131. The minimum absolute atomic E-state index is 0.0190. The molecule has 0 unspecified atom stereocenters. The van der Waals surface area contributed by atoms with Crippen molar-refractivity contribution >= 4 is 23.6 Å². The van der Waals surface area contributed by atoms with Crippen LogP contribution in [-0.4, -0.2) is 17.0 Å². The Morgan fingerprint density at radius 2 is 1.95 bits per heavy atom. The molecule has 1 rings (SSSR count). The van der Waals surface area contributed by atoms with Crippen LogP contribution in [0.2, 0.25) is 0 Å². The van der Waals surface area contributed by atoms with Crippen molar-refractivity contribution < 1.29 is 14.7 Å². The molecule has 0 radical (unpaired) electrons. The number of hydrogen-bond donors (Lipinski definition) is 2. The highest BCUT2D eigenvalue weighted by atomic mass is 16.4. The second-order valence-electron chi connectivity index (χ2n) is 6.03. The topological polar surface area (TPSA) is 66.4 Å². The third kappa shape index (κ3) is 5.69. The molecule has 0 fully saturated rings. The fourth-order valence-corrected chi connectivity index (χ4v) is 1.77. The molecule has 4 heteroatoms. The van der Waals surface area contributed by atoms with Gasteiger partial charge in [0.05, 0.1) is 0 Å². The summed E-state index contributed by atoms with van der Waals surface area (Å²) in [6, 6.07) is 5.41. The molecule has 108 valence electrons. The van der Waals surface area contributed by atoms with Gasteiger partial charge in [0, 0.05) is 18.2 Å². The van der Waals surface area contributed by atoms with Gasteiger partial charge in [-0.15, -0.1) is 0 Å². The average Bonchev–Trinajstić information content (AvgIpc) is 2.27. The molecule has 0 atom stereocenters. The van der Waals surface area contributed by atoms with Crippen LogP contribution in [0.25, 0.3) is 6.08 Å². The van der Waals surface area contributed by atoms with Gasteiger partial charge < -0.3 is 10.4 Å². The first kappa shape index (κ1) is 16.0. The average molecular weight is 275 g/mol. The number of benzene rings is 1. The number of aryl methyl sites for hydroxylation is 1. The van der Waals surface area contributed by atoms with Crippen LogP contribution in [0.5, 0.6) is 0 Å². The first-order valence-corrected chi connectivity index (χ1v) is 6.49. The number of rotatable bonds is 4. The Balaban J connectivity index is 2.78. The molecular formula is C16H21NO3. The van der Waals surface area contributed by atoms with E-state index in [1.165, 1.54) is 6.08 Å². The number of nitrogens with one attached hydrogen (secondary N) is 1. The number of carboxylic acid groups (broad SMARTS) is 1. The summed E-state index contributed by atoms with van der Waals surface area (Å²) in [5, 5.41) is 11.5. The van der Waals surface area contributed by atoms with E-state index >= 15 is 0 Å². The van der Waals surface area contributed by atoms with Gasteiger partial charge in [-0.25, -0.2) is 4.79 Å². The monoisotopic (exact) mass is 275 g/mol. The van der Waals surface area contributed by atoms with E-state index in [2.05, 4.69) is 5.32 Å². The molecule has 0 aliphatic rings. The molecule has 2 N–H and O–H groups in total. The maximum atomic E-state index is 11.9. The lowest BCUT2D eigenvalue weighted by Gasteiger charge is -2.18. The Labute approximate surface area is 119 Å². The number of aliphatic carboxylic acids is 1. The summed E-state index contributed by atoms with van der Waals surface area (Å²) in [5.74, 6) is -1.00. The first-order chi connectivity index (χ1) is 9.17. The van der Waals surface area contributed by atoms with Crippen molar-refractivity contribution in [1.29, 1.82) is 0 Å². The lowest BCUT2D eigenvalue weighted by atomic mass is 9.92. The molecule has 0 saturated carbocycles. The highest BCUT2D eigenvalue weighted by molar-refractivity contribution is 5.92. The van der Waals surface area contributed by atoms with Gasteiger partial charge in [-0.1, -0.05) is 26.8 Å². The Hall–Kier alpha value is -2.10. The predicted octanol–water partition coefficient (Wildman–Crippen LogP) is 3.47. The van der Waals surface area contributed by atoms with Gasteiger partial charge in [0.25, 0.3) is 0 Å². The maximum absolute atomic E-state index is 11.9. The fraction of sp³-hybridized carbons (Fsp3) is 0.375. The standard InChI is InChI=1S/C16H21NO3/c1-11-9-12(6-8-15(19)20)5-7-13(11)17-14(18)10-16(2,3)4/h5-9H,10H2,1-4H3,(H,17,18)(H,19,20). The van der Waals surface area contributed by atoms with Gasteiger partial charge in [-0.05, 0) is 41.7 Å². The van der Waals surface area contributed by atoms with Crippen molar-refractivity contribution in [1.82, 2.24) is 0 Å². The minimum atomic E-state index is -0.981. The molecule has 0 spiro atoms. The number of hydrogen-bond acceptors (Lipinski definition) is 2. The SMILES string of the molecule is Cc1cc(C=CC(=O)O)ccc1NC(=O)CC(C)(C)C. The summed E-state index contributed by atoms with van der Waals surface area (Å²) in [6.45, 7) is 7.92. The summed E-state index contributed by atoms with van der Waals surface area (Å²) >= 11 is 0. The van der Waals surface area contributed by atoms with Crippen molar-refractivity contribution in [2.24, 2.45) is 5.41 Å². The summed E-state index contributed by atoms with van der Waals surface area (Å²) in [6.07, 6.45) is 3.07. The van der Waals surface area contributed by atoms with E-state index in [-0.39, 0.29) is 11.3 Å². The van der Waals surface area contributed by atoms with Crippen LogP contribution in [-0.2, 0) is 9.59 Å². The normalized spacial score (nSPS) is 11.6. The van der Waals surface area contributed by atoms with E-state index < -0.39 is 5.97 Å². The van der Waals surface area contributed by atoms with E-state index in [4.69, 9.17) is 5.11 Å². The second kappa shape index (κ2) is 6.37. The molecule has 0 heterocycles. The zero-order valence-electron chi connectivity index (χ0n) is 12.4. The van der Waals surface area contributed by atoms with Gasteiger partial charge >= 0.3 is 5.97 Å². The number of anilines is 1. The third-order valence-electron chi connectivity index (χ3n) is 2.63. The summed E-state index contributed by atoms with van der Waals surface area (Å²) in [4.78, 5) is 22.3. The number of carbonyl (C=O) groups is 2. The molecule has 0 saturated heterocycles. The van der Waals surface area contributed by atoms with E-state index in [1.54, 1.807) is 12.1 Å². The quantitative estimate of drug-likeness (QED) is 0.827. The second-order valence-corrected chi connectivity index (χ2v) is 6.03. The van der Waals surface area contributed by atoms with Crippen molar-refractivity contribution in [3.05, 3.63) is 35.4 Å². The van der Waals surface area contributed by atoms with Crippen LogP contribution in [0, 0.1) is 12.3 Å². The van der Waals surface area contributed by atoms with Crippen LogP contribution in [0.3, 0.4) is 0 Å². The fourth-order valence-electron chi connectivity index (χ4n) is 1.77. The van der Waals surface area contributed by atoms with Gasteiger partial charge in [0.15, 0.2) is 0 Å². The zero-order valence-corrected chi connectivity index (χ0v) is 12.4. The highest BCUT2D eigenvalue weighted by Crippen LogP contribution is 2.22. The number of carbonyl (C=O) groups excluding carboxylic acids is 1. The molecule has 20 heavy (non-hydrogen) atoms. The van der Waals surface area contributed by atoms with E-state index in [9.17, 15) is 9.59 Å².